The van der Waals surface area contributed by atoms with Crippen LogP contribution in [-0.4, -0.2) is 24.6 Å². The molecular weight excluding hydrogens is 430 g/mol. The van der Waals surface area contributed by atoms with Crippen molar-refractivity contribution in [2.75, 3.05) is 11.9 Å². The zero-order valence-electron chi connectivity index (χ0n) is 17.4. The van der Waals surface area contributed by atoms with E-state index >= 15 is 0 Å². The van der Waals surface area contributed by atoms with Gasteiger partial charge in [0.05, 0.1) is 18.5 Å². The van der Waals surface area contributed by atoms with Crippen molar-refractivity contribution in [3.63, 3.8) is 0 Å². The fourth-order valence-electron chi connectivity index (χ4n) is 2.68. The van der Waals surface area contributed by atoms with Crippen LogP contribution in [0.2, 0.25) is 5.02 Å². The Bertz CT molecular complexity index is 1100. The minimum absolute atomic E-state index is 0.387. The summed E-state index contributed by atoms with van der Waals surface area (Å²) < 4.78 is 11.2. The van der Waals surface area contributed by atoms with Crippen LogP contribution in [-0.2, 0) is 16.2 Å². The number of carbonyl (C=O) groups is 2. The minimum atomic E-state index is -0.900. The van der Waals surface area contributed by atoms with E-state index in [9.17, 15) is 9.59 Å². The van der Waals surface area contributed by atoms with Crippen LogP contribution in [0.25, 0.3) is 0 Å². The number of halogens is 1. The fourth-order valence-corrected chi connectivity index (χ4v) is 2.80. The van der Waals surface area contributed by atoms with Gasteiger partial charge < -0.3 is 14.8 Å². The number of amides is 2. The van der Waals surface area contributed by atoms with Crippen LogP contribution in [0.15, 0.2) is 77.9 Å². The van der Waals surface area contributed by atoms with Crippen LogP contribution < -0.4 is 20.2 Å². The number of nitrogens with one attached hydrogen (secondary N) is 2. The first-order valence-electron chi connectivity index (χ1n) is 9.88. The molecule has 0 aliphatic heterocycles. The Kier molecular flexibility index (Phi) is 8.22. The van der Waals surface area contributed by atoms with Gasteiger partial charge in [0.1, 0.15) is 18.1 Å². The highest BCUT2D eigenvalue weighted by Gasteiger charge is 2.15. The van der Waals surface area contributed by atoms with Crippen LogP contribution in [0.3, 0.4) is 0 Å². The Morgan fingerprint density at radius 2 is 1.75 bits per heavy atom. The number of ether oxygens (including phenoxy) is 2. The molecule has 0 saturated carbocycles. The molecule has 164 valence electrons. The van der Waals surface area contributed by atoms with E-state index in [1.807, 2.05) is 25.1 Å². The second kappa shape index (κ2) is 11.5. The molecule has 7 nitrogen and oxygen atoms in total. The van der Waals surface area contributed by atoms with E-state index in [-0.39, 0.29) is 0 Å². The Labute approximate surface area is 191 Å². The lowest BCUT2D eigenvalue weighted by Crippen LogP contribution is -2.32. The van der Waals surface area contributed by atoms with Crippen molar-refractivity contribution in [3.05, 3.63) is 88.9 Å². The highest BCUT2D eigenvalue weighted by atomic mass is 35.5. The van der Waals surface area contributed by atoms with Gasteiger partial charge in [-0.3, -0.25) is 9.59 Å². The third-order valence-corrected chi connectivity index (χ3v) is 4.45. The molecule has 0 aliphatic carbocycles. The van der Waals surface area contributed by atoms with E-state index in [4.69, 9.17) is 21.1 Å². The van der Waals surface area contributed by atoms with Gasteiger partial charge in [-0.2, -0.15) is 5.10 Å². The number of para-hydroxylation sites is 2. The molecule has 3 aromatic rings. The molecule has 32 heavy (non-hydrogen) atoms. The predicted octanol–water partition coefficient (Wildman–Crippen LogP) is 4.41. The topological polar surface area (TPSA) is 89.0 Å². The Morgan fingerprint density at radius 1 is 0.969 bits per heavy atom. The van der Waals surface area contributed by atoms with E-state index in [1.165, 1.54) is 6.21 Å². The number of hydrogen-bond donors (Lipinski definition) is 2. The molecule has 0 aliphatic rings. The van der Waals surface area contributed by atoms with E-state index in [0.29, 0.717) is 41.0 Å². The maximum Gasteiger partial charge on any atom is 0.329 e. The number of hydrazone groups is 1. The normalized spacial score (nSPS) is 10.6. The van der Waals surface area contributed by atoms with Crippen molar-refractivity contribution in [3.8, 4) is 11.5 Å². The van der Waals surface area contributed by atoms with Crippen molar-refractivity contribution < 1.29 is 19.1 Å². The number of hydrogen-bond acceptors (Lipinski definition) is 5. The number of rotatable bonds is 8. The summed E-state index contributed by atoms with van der Waals surface area (Å²) in [6, 6.07) is 21.4. The van der Waals surface area contributed by atoms with E-state index in [0.717, 1.165) is 5.56 Å². The van der Waals surface area contributed by atoms with Gasteiger partial charge in [0.25, 0.3) is 0 Å². The minimum Gasteiger partial charge on any atom is -0.492 e. The average Bonchev–Trinajstić information content (AvgIpc) is 2.80. The average molecular weight is 452 g/mol. The van der Waals surface area contributed by atoms with Gasteiger partial charge in [-0.15, -0.1) is 0 Å². The Morgan fingerprint density at radius 3 is 2.53 bits per heavy atom. The quantitative estimate of drug-likeness (QED) is 0.301. The third-order valence-electron chi connectivity index (χ3n) is 4.20. The van der Waals surface area contributed by atoms with Gasteiger partial charge in [-0.05, 0) is 54.4 Å². The lowest BCUT2D eigenvalue weighted by molar-refractivity contribution is -0.136. The first-order chi connectivity index (χ1) is 15.5. The fraction of sp³-hybridized carbons (Fsp3) is 0.125. The number of carbonyl (C=O) groups excluding carboxylic acids is 2. The lowest BCUT2D eigenvalue weighted by Gasteiger charge is -2.10. The summed E-state index contributed by atoms with van der Waals surface area (Å²) in [5.41, 5.74) is 4.30. The molecule has 3 aromatic carbocycles. The highest BCUT2D eigenvalue weighted by Crippen LogP contribution is 2.23. The third kappa shape index (κ3) is 6.85. The molecule has 0 atom stereocenters. The molecule has 3 rings (SSSR count). The van der Waals surface area contributed by atoms with Gasteiger partial charge >= 0.3 is 11.8 Å². The summed E-state index contributed by atoms with van der Waals surface area (Å²) >= 11 is 5.88. The Balaban J connectivity index is 1.52. The summed E-state index contributed by atoms with van der Waals surface area (Å²) in [6.45, 7) is 2.65. The van der Waals surface area contributed by atoms with Crippen LogP contribution in [0.4, 0.5) is 5.69 Å². The molecule has 0 unspecified atom stereocenters. The highest BCUT2D eigenvalue weighted by molar-refractivity contribution is 6.39. The zero-order valence-corrected chi connectivity index (χ0v) is 18.1. The first kappa shape index (κ1) is 22.8. The monoisotopic (exact) mass is 451 g/mol. The molecule has 0 saturated heterocycles. The first-order valence-corrected chi connectivity index (χ1v) is 10.3. The number of anilines is 1. The summed E-state index contributed by atoms with van der Waals surface area (Å²) in [5, 5.41) is 7.02. The lowest BCUT2D eigenvalue weighted by atomic mass is 10.2. The van der Waals surface area contributed by atoms with E-state index in [2.05, 4.69) is 15.8 Å². The zero-order chi connectivity index (χ0) is 22.8. The van der Waals surface area contributed by atoms with E-state index in [1.54, 1.807) is 54.6 Å². The molecular formula is C24H22ClN3O4. The molecule has 0 fully saturated rings. The van der Waals surface area contributed by atoms with Crippen molar-refractivity contribution in [1.82, 2.24) is 5.43 Å². The predicted molar refractivity (Wildman–Crippen MR) is 124 cm³/mol. The maximum atomic E-state index is 12.1. The summed E-state index contributed by atoms with van der Waals surface area (Å²) in [7, 11) is 0. The smallest absolute Gasteiger partial charge is 0.329 e. The molecule has 2 amide bonds. The number of nitrogens with zero attached hydrogens (tertiary/aromatic N) is 1. The van der Waals surface area contributed by atoms with Gasteiger partial charge in [0.15, 0.2) is 0 Å². The van der Waals surface area contributed by atoms with Crippen LogP contribution in [0.1, 0.15) is 18.1 Å². The van der Waals surface area contributed by atoms with Gasteiger partial charge in [-0.25, -0.2) is 5.43 Å². The SMILES string of the molecule is CCOc1ccccc1NC(=O)C(=O)N/N=C\c1cccc(OCc2ccc(Cl)cc2)c1. The van der Waals surface area contributed by atoms with E-state index < -0.39 is 11.8 Å². The second-order valence-corrected chi connectivity index (χ2v) is 7.01. The van der Waals surface area contributed by atoms with Crippen molar-refractivity contribution in [1.29, 1.82) is 0 Å². The van der Waals surface area contributed by atoms with Crippen molar-refractivity contribution >= 4 is 35.3 Å². The van der Waals surface area contributed by atoms with Gasteiger partial charge in [0, 0.05) is 5.02 Å². The molecule has 0 radical (unpaired) electrons. The number of benzene rings is 3. The summed E-state index contributed by atoms with van der Waals surface area (Å²) in [5.74, 6) is -0.632. The second-order valence-electron chi connectivity index (χ2n) is 6.57. The summed E-state index contributed by atoms with van der Waals surface area (Å²) in [6.07, 6.45) is 1.43. The van der Waals surface area contributed by atoms with Crippen LogP contribution >= 0.6 is 11.6 Å². The molecule has 0 bridgehead atoms. The standard InChI is InChI=1S/C24H22ClN3O4/c1-2-31-22-9-4-3-8-21(22)27-23(29)24(30)28-26-15-18-6-5-7-20(14-18)32-16-17-10-12-19(25)13-11-17/h3-15H,2,16H2,1H3,(H,27,29)(H,28,30)/b26-15-. The largest absolute Gasteiger partial charge is 0.492 e. The van der Waals surface area contributed by atoms with Crippen molar-refractivity contribution in [2.45, 2.75) is 13.5 Å². The van der Waals surface area contributed by atoms with Gasteiger partial charge in [-0.1, -0.05) is 48.0 Å². The molecule has 8 heteroatoms. The van der Waals surface area contributed by atoms with Crippen LogP contribution in [0, 0.1) is 0 Å². The maximum absolute atomic E-state index is 12.1. The molecule has 0 aromatic heterocycles. The van der Waals surface area contributed by atoms with Crippen molar-refractivity contribution in [2.24, 2.45) is 5.10 Å². The van der Waals surface area contributed by atoms with Crippen LogP contribution in [0.5, 0.6) is 11.5 Å². The molecule has 0 heterocycles. The Hall–Kier alpha value is -3.84. The van der Waals surface area contributed by atoms with Gasteiger partial charge in [0.2, 0.25) is 0 Å². The molecule has 2 N–H and O–H groups in total. The summed E-state index contributed by atoms with van der Waals surface area (Å²) in [4.78, 5) is 24.2. The molecule has 0 spiro atoms.